The SMILES string of the molecule is CC(CC(=O)NCc1cc(F)ccc1F)C1CCCNC1. The topological polar surface area (TPSA) is 41.1 Å². The number of rotatable bonds is 5. The first-order valence-electron chi connectivity index (χ1n) is 7.47. The lowest BCUT2D eigenvalue weighted by Gasteiger charge is -2.28. The lowest BCUT2D eigenvalue weighted by Crippen LogP contribution is -2.35. The number of carbonyl (C=O) groups is 1. The first-order chi connectivity index (χ1) is 10.1. The third kappa shape index (κ3) is 4.77. The summed E-state index contributed by atoms with van der Waals surface area (Å²) in [5, 5.41) is 6.01. The molecule has 1 heterocycles. The first-order valence-corrected chi connectivity index (χ1v) is 7.47. The second kappa shape index (κ2) is 7.50. The van der Waals surface area contributed by atoms with Gasteiger partial charge in [0.05, 0.1) is 0 Å². The molecule has 0 bridgehead atoms. The third-order valence-electron chi connectivity index (χ3n) is 4.13. The molecule has 2 unspecified atom stereocenters. The average molecular weight is 296 g/mol. The minimum atomic E-state index is -0.499. The zero-order chi connectivity index (χ0) is 15.2. The van der Waals surface area contributed by atoms with E-state index in [1.165, 1.54) is 0 Å². The predicted octanol–water partition coefficient (Wildman–Crippen LogP) is 2.61. The molecule has 1 aromatic rings. The lowest BCUT2D eigenvalue weighted by molar-refractivity contribution is -0.122. The molecule has 2 N–H and O–H groups in total. The maximum absolute atomic E-state index is 13.4. The molecule has 1 aliphatic rings. The van der Waals surface area contributed by atoms with Gasteiger partial charge in [0.25, 0.3) is 0 Å². The van der Waals surface area contributed by atoms with Gasteiger partial charge >= 0.3 is 0 Å². The van der Waals surface area contributed by atoms with Crippen LogP contribution in [0.5, 0.6) is 0 Å². The van der Waals surface area contributed by atoms with Gasteiger partial charge in [-0.1, -0.05) is 6.92 Å². The van der Waals surface area contributed by atoms with Crippen molar-refractivity contribution in [3.63, 3.8) is 0 Å². The molecule has 0 spiro atoms. The maximum Gasteiger partial charge on any atom is 0.220 e. The van der Waals surface area contributed by atoms with E-state index in [9.17, 15) is 13.6 Å². The van der Waals surface area contributed by atoms with Crippen molar-refractivity contribution in [2.45, 2.75) is 32.7 Å². The molecule has 1 saturated heterocycles. The second-order valence-electron chi connectivity index (χ2n) is 5.80. The lowest BCUT2D eigenvalue weighted by atomic mass is 9.85. The highest BCUT2D eigenvalue weighted by molar-refractivity contribution is 5.76. The molecule has 1 fully saturated rings. The van der Waals surface area contributed by atoms with Gasteiger partial charge < -0.3 is 10.6 Å². The Bertz CT molecular complexity index is 487. The van der Waals surface area contributed by atoms with Gasteiger partial charge in [0.1, 0.15) is 11.6 Å². The molecular weight excluding hydrogens is 274 g/mol. The summed E-state index contributed by atoms with van der Waals surface area (Å²) in [4.78, 5) is 11.9. The summed E-state index contributed by atoms with van der Waals surface area (Å²) in [5.41, 5.74) is 0.176. The van der Waals surface area contributed by atoms with Crippen LogP contribution in [0.15, 0.2) is 18.2 Å². The van der Waals surface area contributed by atoms with Crippen molar-refractivity contribution < 1.29 is 13.6 Å². The summed E-state index contributed by atoms with van der Waals surface area (Å²) >= 11 is 0. The van der Waals surface area contributed by atoms with Crippen molar-refractivity contribution in [1.82, 2.24) is 10.6 Å². The molecular formula is C16H22F2N2O. The van der Waals surface area contributed by atoms with E-state index in [1.807, 2.05) is 0 Å². The molecule has 3 nitrogen and oxygen atoms in total. The number of hydrogen-bond acceptors (Lipinski definition) is 2. The van der Waals surface area contributed by atoms with Gasteiger partial charge in [-0.05, 0) is 56.0 Å². The van der Waals surface area contributed by atoms with Crippen LogP contribution < -0.4 is 10.6 Å². The molecule has 116 valence electrons. The monoisotopic (exact) mass is 296 g/mol. The van der Waals surface area contributed by atoms with Crippen LogP contribution in [0.4, 0.5) is 8.78 Å². The van der Waals surface area contributed by atoms with Crippen LogP contribution in [0.2, 0.25) is 0 Å². The van der Waals surface area contributed by atoms with Crippen molar-refractivity contribution in [2.75, 3.05) is 13.1 Å². The Hall–Kier alpha value is -1.49. The molecule has 1 aliphatic heterocycles. The van der Waals surface area contributed by atoms with Gasteiger partial charge in [0.2, 0.25) is 5.91 Å². The van der Waals surface area contributed by atoms with Crippen LogP contribution in [-0.2, 0) is 11.3 Å². The Morgan fingerprint density at radius 3 is 3.00 bits per heavy atom. The van der Waals surface area contributed by atoms with Gasteiger partial charge in [0, 0.05) is 18.5 Å². The van der Waals surface area contributed by atoms with Gasteiger partial charge in [-0.3, -0.25) is 4.79 Å². The van der Waals surface area contributed by atoms with E-state index in [4.69, 9.17) is 0 Å². The quantitative estimate of drug-likeness (QED) is 0.877. The largest absolute Gasteiger partial charge is 0.352 e. The minimum Gasteiger partial charge on any atom is -0.352 e. The van der Waals surface area contributed by atoms with E-state index >= 15 is 0 Å². The van der Waals surface area contributed by atoms with Gasteiger partial charge in [-0.15, -0.1) is 0 Å². The normalized spacial score (nSPS) is 20.0. The minimum absolute atomic E-state index is 0.0259. The van der Waals surface area contributed by atoms with Crippen LogP contribution in [0.25, 0.3) is 0 Å². The first kappa shape index (κ1) is 15.9. The summed E-state index contributed by atoms with van der Waals surface area (Å²) < 4.78 is 26.5. The number of piperidine rings is 1. The van der Waals surface area contributed by atoms with Crippen LogP contribution in [0.1, 0.15) is 31.7 Å². The molecule has 0 aromatic heterocycles. The molecule has 5 heteroatoms. The predicted molar refractivity (Wildman–Crippen MR) is 77.6 cm³/mol. The molecule has 21 heavy (non-hydrogen) atoms. The van der Waals surface area contributed by atoms with Gasteiger partial charge in [-0.25, -0.2) is 8.78 Å². The van der Waals surface area contributed by atoms with Crippen molar-refractivity contribution in [3.05, 3.63) is 35.4 Å². The highest BCUT2D eigenvalue weighted by Gasteiger charge is 2.21. The standard InChI is InChI=1S/C16H22F2N2O/c1-11(12-3-2-6-19-9-12)7-16(21)20-10-13-8-14(17)4-5-15(13)18/h4-5,8,11-12,19H,2-3,6-7,9-10H2,1H3,(H,20,21). The van der Waals surface area contributed by atoms with Crippen molar-refractivity contribution >= 4 is 5.91 Å². The molecule has 2 rings (SSSR count). The van der Waals surface area contributed by atoms with Crippen LogP contribution in [-0.4, -0.2) is 19.0 Å². The number of hydrogen-bond donors (Lipinski definition) is 2. The fourth-order valence-corrected chi connectivity index (χ4v) is 2.77. The summed E-state index contributed by atoms with van der Waals surface area (Å²) in [6.07, 6.45) is 2.70. The number of halogens is 2. The molecule has 2 atom stereocenters. The van der Waals surface area contributed by atoms with E-state index in [0.29, 0.717) is 12.3 Å². The Morgan fingerprint density at radius 2 is 2.29 bits per heavy atom. The van der Waals surface area contributed by atoms with Crippen molar-refractivity contribution in [2.24, 2.45) is 11.8 Å². The van der Waals surface area contributed by atoms with E-state index in [1.54, 1.807) is 0 Å². The Kier molecular flexibility index (Phi) is 5.67. The maximum atomic E-state index is 13.4. The fraction of sp³-hybridized carbons (Fsp3) is 0.562. The molecule has 0 aliphatic carbocycles. The van der Waals surface area contributed by atoms with Crippen LogP contribution >= 0.6 is 0 Å². The molecule has 1 amide bonds. The highest BCUT2D eigenvalue weighted by Crippen LogP contribution is 2.22. The average Bonchev–Trinajstić information content (AvgIpc) is 2.49. The summed E-state index contributed by atoms with van der Waals surface area (Å²) in [7, 11) is 0. The molecule has 0 saturated carbocycles. The van der Waals surface area contributed by atoms with Crippen molar-refractivity contribution in [1.29, 1.82) is 0 Å². The summed E-state index contributed by atoms with van der Waals surface area (Å²) in [6, 6.07) is 3.26. The van der Waals surface area contributed by atoms with Gasteiger partial charge in [-0.2, -0.15) is 0 Å². The smallest absolute Gasteiger partial charge is 0.220 e. The van der Waals surface area contributed by atoms with E-state index in [0.717, 1.165) is 44.1 Å². The van der Waals surface area contributed by atoms with Crippen LogP contribution in [0, 0.1) is 23.5 Å². The number of carbonyl (C=O) groups excluding carboxylic acids is 1. The number of nitrogens with one attached hydrogen (secondary N) is 2. The van der Waals surface area contributed by atoms with Crippen LogP contribution in [0.3, 0.4) is 0 Å². The highest BCUT2D eigenvalue weighted by atomic mass is 19.1. The Balaban J connectivity index is 1.80. The Labute approximate surface area is 124 Å². The number of benzene rings is 1. The molecule has 0 radical (unpaired) electrons. The molecule has 1 aromatic carbocycles. The van der Waals surface area contributed by atoms with Crippen molar-refractivity contribution in [3.8, 4) is 0 Å². The van der Waals surface area contributed by atoms with E-state index in [2.05, 4.69) is 17.6 Å². The third-order valence-corrected chi connectivity index (χ3v) is 4.13. The summed E-state index contributed by atoms with van der Waals surface area (Å²) in [6.45, 7) is 4.10. The fourth-order valence-electron chi connectivity index (χ4n) is 2.77. The van der Waals surface area contributed by atoms with Gasteiger partial charge in [0.15, 0.2) is 0 Å². The van der Waals surface area contributed by atoms with E-state index in [-0.39, 0.29) is 23.9 Å². The Morgan fingerprint density at radius 1 is 1.48 bits per heavy atom. The summed E-state index contributed by atoms with van der Waals surface area (Å²) in [5.74, 6) is -0.314. The zero-order valence-corrected chi connectivity index (χ0v) is 12.3. The second-order valence-corrected chi connectivity index (χ2v) is 5.80. The zero-order valence-electron chi connectivity index (χ0n) is 12.3. The van der Waals surface area contributed by atoms with E-state index < -0.39 is 11.6 Å². The number of amides is 1.